The third-order valence-corrected chi connectivity index (χ3v) is 6.36. The number of carboxylic acid groups (broad SMARTS) is 1. The number of aliphatic carboxylic acids is 1. The number of nitrogens with zero attached hydrogens (tertiary/aromatic N) is 1. The van der Waals surface area contributed by atoms with Crippen LogP contribution in [0.2, 0.25) is 0 Å². The molecule has 0 aromatic rings. The van der Waals surface area contributed by atoms with Crippen LogP contribution in [0.25, 0.3) is 0 Å². The molecule has 2 aliphatic carbocycles. The van der Waals surface area contributed by atoms with Crippen LogP contribution in [0.5, 0.6) is 0 Å². The molecule has 0 aromatic heterocycles. The van der Waals surface area contributed by atoms with Gasteiger partial charge < -0.3 is 15.3 Å². The largest absolute Gasteiger partial charge is 0.481 e. The zero-order valence-electron chi connectivity index (χ0n) is 13.9. The summed E-state index contributed by atoms with van der Waals surface area (Å²) < 4.78 is 1.13. The summed E-state index contributed by atoms with van der Waals surface area (Å²) in [6, 6.07) is 0.194. The molecule has 22 heavy (non-hydrogen) atoms. The Balaban J connectivity index is 1.71. The van der Waals surface area contributed by atoms with Crippen molar-refractivity contribution >= 4 is 5.97 Å². The molecule has 4 nitrogen and oxygen atoms in total. The van der Waals surface area contributed by atoms with E-state index in [4.69, 9.17) is 5.73 Å². The monoisotopic (exact) mass is 309 g/mol. The van der Waals surface area contributed by atoms with Crippen molar-refractivity contribution in [2.45, 2.75) is 63.8 Å². The molecule has 0 bridgehead atoms. The topological polar surface area (TPSA) is 63.3 Å². The highest BCUT2D eigenvalue weighted by molar-refractivity contribution is 5.67. The Kier molecular flexibility index (Phi) is 5.08. The molecule has 3 unspecified atom stereocenters. The zero-order chi connectivity index (χ0) is 15.6. The Morgan fingerprint density at radius 1 is 0.955 bits per heavy atom. The van der Waals surface area contributed by atoms with E-state index in [2.05, 4.69) is 0 Å². The summed E-state index contributed by atoms with van der Waals surface area (Å²) in [5.41, 5.74) is 6.38. The lowest BCUT2D eigenvalue weighted by atomic mass is 9.81. The van der Waals surface area contributed by atoms with Gasteiger partial charge in [-0.15, -0.1) is 0 Å². The average Bonchev–Trinajstić information content (AvgIpc) is 2.85. The van der Waals surface area contributed by atoms with Crippen LogP contribution in [-0.4, -0.2) is 47.8 Å². The van der Waals surface area contributed by atoms with E-state index < -0.39 is 5.97 Å². The molecule has 4 heteroatoms. The van der Waals surface area contributed by atoms with Crippen LogP contribution in [0.15, 0.2) is 0 Å². The van der Waals surface area contributed by atoms with Crippen molar-refractivity contribution < 1.29 is 14.4 Å². The highest BCUT2D eigenvalue weighted by atomic mass is 16.4. The van der Waals surface area contributed by atoms with Crippen molar-refractivity contribution in [1.82, 2.24) is 0 Å². The average molecular weight is 309 g/mol. The molecule has 0 radical (unpaired) electrons. The smallest absolute Gasteiger partial charge is 0.303 e. The number of hydrogen-bond acceptors (Lipinski definition) is 2. The Hall–Kier alpha value is -0.610. The third kappa shape index (κ3) is 4.02. The Labute approximate surface area is 134 Å². The van der Waals surface area contributed by atoms with Crippen LogP contribution in [0.1, 0.15) is 57.8 Å². The minimum atomic E-state index is -0.651. The van der Waals surface area contributed by atoms with Crippen LogP contribution in [0.3, 0.4) is 0 Å². The van der Waals surface area contributed by atoms with Crippen LogP contribution >= 0.6 is 0 Å². The first-order chi connectivity index (χ1) is 10.5. The Bertz CT molecular complexity index is 391. The van der Waals surface area contributed by atoms with E-state index >= 15 is 0 Å². The Morgan fingerprint density at radius 2 is 1.55 bits per heavy atom. The molecule has 3 aliphatic rings. The number of hydrogen-bond donors (Lipinski definition) is 2. The fourth-order valence-electron chi connectivity index (χ4n) is 5.43. The van der Waals surface area contributed by atoms with Crippen molar-refractivity contribution in [2.75, 3.05) is 26.2 Å². The maximum atomic E-state index is 11.2. The number of carbonyl (C=O) groups is 1. The van der Waals surface area contributed by atoms with Gasteiger partial charge in [-0.1, -0.05) is 19.3 Å². The van der Waals surface area contributed by atoms with E-state index in [-0.39, 0.29) is 12.0 Å². The number of nitrogens with two attached hydrogens (primary N) is 1. The summed E-state index contributed by atoms with van der Waals surface area (Å²) in [5.74, 6) is 1.36. The predicted molar refractivity (Wildman–Crippen MR) is 87.4 cm³/mol. The molecular weight excluding hydrogens is 276 g/mol. The van der Waals surface area contributed by atoms with Gasteiger partial charge in [0.15, 0.2) is 0 Å². The predicted octanol–water partition coefficient (Wildman–Crippen LogP) is 2.62. The van der Waals surface area contributed by atoms with E-state index in [9.17, 15) is 9.90 Å². The molecule has 3 atom stereocenters. The van der Waals surface area contributed by atoms with Gasteiger partial charge in [0.25, 0.3) is 0 Å². The highest BCUT2D eigenvalue weighted by Crippen LogP contribution is 2.36. The summed E-state index contributed by atoms with van der Waals surface area (Å²) in [7, 11) is 0. The van der Waals surface area contributed by atoms with Crippen molar-refractivity contribution in [2.24, 2.45) is 23.5 Å². The first kappa shape index (κ1) is 16.3. The summed E-state index contributed by atoms with van der Waals surface area (Å²) in [5, 5.41) is 9.20. The van der Waals surface area contributed by atoms with Crippen molar-refractivity contribution in [3.05, 3.63) is 0 Å². The van der Waals surface area contributed by atoms with Crippen LogP contribution in [-0.2, 0) is 4.79 Å². The Morgan fingerprint density at radius 3 is 2.05 bits per heavy atom. The van der Waals surface area contributed by atoms with E-state index in [0.29, 0.717) is 6.42 Å². The zero-order valence-corrected chi connectivity index (χ0v) is 13.9. The first-order valence-electron chi connectivity index (χ1n) is 9.37. The molecule has 0 amide bonds. The second-order valence-corrected chi connectivity index (χ2v) is 8.48. The molecule has 1 aliphatic heterocycles. The SMILES string of the molecule is NC1CC(CC(=O)O)C[N+](CC2CCCC2)(CC2CCC2)C1. The van der Waals surface area contributed by atoms with Crippen molar-refractivity contribution in [3.63, 3.8) is 0 Å². The lowest BCUT2D eigenvalue weighted by Crippen LogP contribution is -2.63. The lowest BCUT2D eigenvalue weighted by Gasteiger charge is -2.50. The first-order valence-corrected chi connectivity index (χ1v) is 9.37. The molecule has 3 rings (SSSR count). The van der Waals surface area contributed by atoms with Crippen LogP contribution in [0.4, 0.5) is 0 Å². The maximum Gasteiger partial charge on any atom is 0.303 e. The summed E-state index contributed by atoms with van der Waals surface area (Å²) in [6.07, 6.45) is 10.9. The van der Waals surface area contributed by atoms with Crippen molar-refractivity contribution in [1.29, 1.82) is 0 Å². The quantitative estimate of drug-likeness (QED) is 0.741. The summed E-state index contributed by atoms with van der Waals surface area (Å²) >= 11 is 0. The third-order valence-electron chi connectivity index (χ3n) is 6.36. The number of quaternary nitrogens is 1. The fraction of sp³-hybridized carbons (Fsp3) is 0.944. The second-order valence-electron chi connectivity index (χ2n) is 8.48. The minimum absolute atomic E-state index is 0.194. The van der Waals surface area contributed by atoms with Gasteiger partial charge in [-0.3, -0.25) is 4.79 Å². The molecule has 0 spiro atoms. The fourth-order valence-corrected chi connectivity index (χ4v) is 5.43. The van der Waals surface area contributed by atoms with E-state index in [1.807, 2.05) is 0 Å². The van der Waals surface area contributed by atoms with Crippen LogP contribution < -0.4 is 5.73 Å². The molecule has 2 saturated carbocycles. The van der Waals surface area contributed by atoms with Gasteiger partial charge in [-0.25, -0.2) is 0 Å². The van der Waals surface area contributed by atoms with E-state index in [1.165, 1.54) is 58.0 Å². The maximum absolute atomic E-state index is 11.2. The second kappa shape index (κ2) is 6.88. The van der Waals surface area contributed by atoms with E-state index in [1.54, 1.807) is 0 Å². The lowest BCUT2D eigenvalue weighted by molar-refractivity contribution is -0.943. The number of likely N-dealkylation sites (tertiary alicyclic amines) is 1. The molecule has 1 saturated heterocycles. The van der Waals surface area contributed by atoms with Gasteiger partial charge in [0.1, 0.15) is 0 Å². The minimum Gasteiger partial charge on any atom is -0.481 e. The molecule has 1 heterocycles. The highest BCUT2D eigenvalue weighted by Gasteiger charge is 2.43. The normalized spacial score (nSPS) is 37.1. The number of rotatable bonds is 6. The molecule has 0 aromatic carbocycles. The number of piperidine rings is 1. The van der Waals surface area contributed by atoms with Gasteiger partial charge in [0, 0.05) is 17.8 Å². The molecule has 3 fully saturated rings. The molecule has 3 N–H and O–H groups in total. The van der Waals surface area contributed by atoms with Gasteiger partial charge in [0.2, 0.25) is 0 Å². The van der Waals surface area contributed by atoms with Crippen molar-refractivity contribution in [3.8, 4) is 0 Å². The standard InChI is InChI=1S/C18H32N2O2/c19-17-8-16(9-18(21)22)12-20(13-17,11-15-6-3-7-15)10-14-4-1-2-5-14/h14-17H,1-13,19H2/p+1. The van der Waals surface area contributed by atoms with Gasteiger partial charge >= 0.3 is 5.97 Å². The van der Waals surface area contributed by atoms with Gasteiger partial charge in [-0.05, 0) is 32.1 Å². The van der Waals surface area contributed by atoms with Gasteiger partial charge in [-0.2, -0.15) is 0 Å². The molecular formula is C18H33N2O2+. The van der Waals surface area contributed by atoms with Gasteiger partial charge in [0.05, 0.1) is 38.6 Å². The number of carboxylic acids is 1. The summed E-state index contributed by atoms with van der Waals surface area (Å²) in [6.45, 7) is 4.68. The van der Waals surface area contributed by atoms with E-state index in [0.717, 1.165) is 35.8 Å². The summed E-state index contributed by atoms with van der Waals surface area (Å²) in [4.78, 5) is 11.2. The van der Waals surface area contributed by atoms with Crippen LogP contribution in [0, 0.1) is 17.8 Å². The molecule has 126 valence electrons.